The molecule has 1 heteroatoms. The van der Waals surface area contributed by atoms with Crippen molar-refractivity contribution in [3.05, 3.63) is 35.9 Å². The molecule has 1 atom stereocenters. The van der Waals surface area contributed by atoms with E-state index in [9.17, 15) is 0 Å². The first-order valence-electron chi connectivity index (χ1n) is 6.91. The molecule has 0 saturated carbocycles. The molecule has 0 spiro atoms. The minimum atomic E-state index is 0.779. The van der Waals surface area contributed by atoms with Crippen LogP contribution in [0.4, 0.5) is 0 Å². The summed E-state index contributed by atoms with van der Waals surface area (Å²) >= 11 is 0. The smallest absolute Gasteiger partial charge is 0.00203 e. The molecule has 0 aromatic heterocycles. The minimum Gasteiger partial charge on any atom is -0.319 e. The zero-order chi connectivity index (χ0) is 12.5. The van der Waals surface area contributed by atoms with E-state index in [-0.39, 0.29) is 0 Å². The van der Waals surface area contributed by atoms with Gasteiger partial charge in [0.25, 0.3) is 0 Å². The summed E-state index contributed by atoms with van der Waals surface area (Å²) in [7, 11) is 2.06. The number of benzene rings is 1. The second-order valence-corrected chi connectivity index (χ2v) is 5.44. The lowest BCUT2D eigenvalue weighted by molar-refractivity contribution is 0.417. The largest absolute Gasteiger partial charge is 0.319 e. The minimum absolute atomic E-state index is 0.779. The average Bonchev–Trinajstić information content (AvgIpc) is 2.30. The van der Waals surface area contributed by atoms with Crippen LogP contribution in [0.1, 0.15) is 38.7 Å². The fraction of sp³-hybridized carbons (Fsp3) is 0.625. The SMILES string of the molecule is CNCC(CCCC(C)C)Cc1ccccc1. The van der Waals surface area contributed by atoms with Crippen molar-refractivity contribution in [2.45, 2.75) is 39.5 Å². The van der Waals surface area contributed by atoms with Gasteiger partial charge in [-0.05, 0) is 43.8 Å². The highest BCUT2D eigenvalue weighted by molar-refractivity contribution is 5.15. The summed E-state index contributed by atoms with van der Waals surface area (Å²) in [5.41, 5.74) is 1.47. The molecule has 1 unspecified atom stereocenters. The lowest BCUT2D eigenvalue weighted by atomic mass is 9.92. The fourth-order valence-corrected chi connectivity index (χ4v) is 2.33. The van der Waals surface area contributed by atoms with Crippen LogP contribution in [0.15, 0.2) is 30.3 Å². The maximum absolute atomic E-state index is 3.33. The van der Waals surface area contributed by atoms with Gasteiger partial charge in [-0.25, -0.2) is 0 Å². The van der Waals surface area contributed by atoms with E-state index in [0.717, 1.165) is 18.4 Å². The van der Waals surface area contributed by atoms with Crippen molar-refractivity contribution >= 4 is 0 Å². The molecule has 0 saturated heterocycles. The monoisotopic (exact) mass is 233 g/mol. The molecule has 0 aliphatic carbocycles. The van der Waals surface area contributed by atoms with E-state index < -0.39 is 0 Å². The molecular weight excluding hydrogens is 206 g/mol. The van der Waals surface area contributed by atoms with E-state index in [1.807, 2.05) is 0 Å². The average molecular weight is 233 g/mol. The molecule has 1 aromatic carbocycles. The zero-order valence-corrected chi connectivity index (χ0v) is 11.6. The van der Waals surface area contributed by atoms with Crippen molar-refractivity contribution in [1.82, 2.24) is 5.32 Å². The Kier molecular flexibility index (Phi) is 6.95. The number of rotatable bonds is 8. The van der Waals surface area contributed by atoms with Crippen LogP contribution in [0.25, 0.3) is 0 Å². The Labute approximate surface area is 107 Å². The van der Waals surface area contributed by atoms with Crippen molar-refractivity contribution in [3.8, 4) is 0 Å². The van der Waals surface area contributed by atoms with Crippen LogP contribution < -0.4 is 5.32 Å². The van der Waals surface area contributed by atoms with Crippen molar-refractivity contribution in [3.63, 3.8) is 0 Å². The molecule has 96 valence electrons. The Bertz CT molecular complexity index is 279. The summed E-state index contributed by atoms with van der Waals surface area (Å²) in [6.45, 7) is 5.75. The third-order valence-corrected chi connectivity index (χ3v) is 3.25. The van der Waals surface area contributed by atoms with Gasteiger partial charge in [0.05, 0.1) is 0 Å². The van der Waals surface area contributed by atoms with Gasteiger partial charge in [-0.1, -0.05) is 57.0 Å². The normalized spacial score (nSPS) is 12.9. The number of hydrogen-bond acceptors (Lipinski definition) is 1. The predicted molar refractivity (Wildman–Crippen MR) is 76.3 cm³/mol. The second-order valence-electron chi connectivity index (χ2n) is 5.44. The second kappa shape index (κ2) is 8.30. The maximum Gasteiger partial charge on any atom is -0.00203 e. The van der Waals surface area contributed by atoms with Crippen LogP contribution in [0, 0.1) is 11.8 Å². The predicted octanol–water partition coefficient (Wildman–Crippen LogP) is 3.89. The molecule has 1 aromatic rings. The third-order valence-electron chi connectivity index (χ3n) is 3.25. The zero-order valence-electron chi connectivity index (χ0n) is 11.6. The van der Waals surface area contributed by atoms with Crippen molar-refractivity contribution in [1.29, 1.82) is 0 Å². The van der Waals surface area contributed by atoms with Gasteiger partial charge >= 0.3 is 0 Å². The van der Waals surface area contributed by atoms with Crippen molar-refractivity contribution in [2.75, 3.05) is 13.6 Å². The summed E-state index contributed by atoms with van der Waals surface area (Å²) in [5, 5.41) is 3.33. The Morgan fingerprint density at radius 2 is 1.76 bits per heavy atom. The first-order valence-corrected chi connectivity index (χ1v) is 6.91. The van der Waals surface area contributed by atoms with Gasteiger partial charge in [0.1, 0.15) is 0 Å². The van der Waals surface area contributed by atoms with Crippen LogP contribution in [-0.2, 0) is 6.42 Å². The summed E-state index contributed by atoms with van der Waals surface area (Å²) in [6.07, 6.45) is 5.26. The molecule has 0 aliphatic rings. The van der Waals surface area contributed by atoms with Crippen molar-refractivity contribution in [2.24, 2.45) is 11.8 Å². The van der Waals surface area contributed by atoms with Crippen molar-refractivity contribution < 1.29 is 0 Å². The van der Waals surface area contributed by atoms with Crippen LogP contribution in [0.2, 0.25) is 0 Å². The summed E-state index contributed by atoms with van der Waals surface area (Å²) in [6, 6.07) is 10.9. The van der Waals surface area contributed by atoms with Crippen LogP contribution in [0.5, 0.6) is 0 Å². The van der Waals surface area contributed by atoms with Gasteiger partial charge < -0.3 is 5.32 Å². The fourth-order valence-electron chi connectivity index (χ4n) is 2.33. The van der Waals surface area contributed by atoms with Gasteiger partial charge in [0.15, 0.2) is 0 Å². The van der Waals surface area contributed by atoms with Gasteiger partial charge in [0, 0.05) is 0 Å². The lowest BCUT2D eigenvalue weighted by Crippen LogP contribution is -2.21. The van der Waals surface area contributed by atoms with E-state index in [1.165, 1.54) is 31.2 Å². The molecule has 0 fully saturated rings. The van der Waals surface area contributed by atoms with Gasteiger partial charge in [-0.15, -0.1) is 0 Å². The highest BCUT2D eigenvalue weighted by Gasteiger charge is 2.09. The van der Waals surface area contributed by atoms with Crippen LogP contribution in [-0.4, -0.2) is 13.6 Å². The molecule has 0 bridgehead atoms. The van der Waals surface area contributed by atoms with Gasteiger partial charge in [0.2, 0.25) is 0 Å². The Balaban J connectivity index is 2.37. The van der Waals surface area contributed by atoms with E-state index in [4.69, 9.17) is 0 Å². The Morgan fingerprint density at radius 1 is 1.06 bits per heavy atom. The number of hydrogen-bond donors (Lipinski definition) is 1. The summed E-state index contributed by atoms with van der Waals surface area (Å²) in [4.78, 5) is 0. The Morgan fingerprint density at radius 3 is 2.35 bits per heavy atom. The van der Waals surface area contributed by atoms with E-state index in [2.05, 4.69) is 56.5 Å². The highest BCUT2D eigenvalue weighted by atomic mass is 14.8. The van der Waals surface area contributed by atoms with E-state index in [1.54, 1.807) is 0 Å². The van der Waals surface area contributed by atoms with Crippen LogP contribution >= 0.6 is 0 Å². The van der Waals surface area contributed by atoms with E-state index in [0.29, 0.717) is 0 Å². The first-order chi connectivity index (χ1) is 8.22. The topological polar surface area (TPSA) is 12.0 Å². The third kappa shape index (κ3) is 6.48. The van der Waals surface area contributed by atoms with E-state index >= 15 is 0 Å². The molecule has 1 rings (SSSR count). The molecule has 1 N–H and O–H groups in total. The summed E-state index contributed by atoms with van der Waals surface area (Å²) in [5.74, 6) is 1.61. The molecule has 1 nitrogen and oxygen atoms in total. The molecule has 0 amide bonds. The molecule has 0 heterocycles. The molecular formula is C16H27N. The number of nitrogens with one attached hydrogen (secondary N) is 1. The van der Waals surface area contributed by atoms with Gasteiger partial charge in [-0.3, -0.25) is 0 Å². The molecule has 17 heavy (non-hydrogen) atoms. The quantitative estimate of drug-likeness (QED) is 0.718. The molecule has 0 radical (unpaired) electrons. The van der Waals surface area contributed by atoms with Gasteiger partial charge in [-0.2, -0.15) is 0 Å². The molecule has 0 aliphatic heterocycles. The highest BCUT2D eigenvalue weighted by Crippen LogP contribution is 2.16. The Hall–Kier alpha value is -0.820. The van der Waals surface area contributed by atoms with Crippen LogP contribution in [0.3, 0.4) is 0 Å². The lowest BCUT2D eigenvalue weighted by Gasteiger charge is -2.17. The standard InChI is InChI=1S/C16H27N/c1-14(2)8-7-11-16(13-17-3)12-15-9-5-4-6-10-15/h4-6,9-10,14,16-17H,7-8,11-13H2,1-3H3. The maximum atomic E-state index is 3.33. The summed E-state index contributed by atoms with van der Waals surface area (Å²) < 4.78 is 0. The first kappa shape index (κ1) is 14.2.